The minimum Gasteiger partial charge on any atom is -0.326 e. The molecule has 1 aliphatic heterocycles. The molecule has 4 heteroatoms. The van der Waals surface area contributed by atoms with Crippen molar-refractivity contribution in [3.8, 4) is 0 Å². The maximum atomic E-state index is 5.71. The lowest BCUT2D eigenvalue weighted by atomic mass is 10.1. The Balaban J connectivity index is 2.07. The molecule has 16 heavy (non-hydrogen) atoms. The molecule has 0 saturated carbocycles. The van der Waals surface area contributed by atoms with Crippen LogP contribution in [0.15, 0.2) is 24.5 Å². The summed E-state index contributed by atoms with van der Waals surface area (Å²) < 4.78 is 2.08. The second-order valence-corrected chi connectivity index (χ2v) is 4.32. The molecule has 3 heterocycles. The largest absolute Gasteiger partial charge is 0.326 e. The summed E-state index contributed by atoms with van der Waals surface area (Å²) in [5.41, 5.74) is 9.02. The van der Waals surface area contributed by atoms with Crippen LogP contribution in [0.1, 0.15) is 23.6 Å². The fraction of sp³-hybridized carbons (Fsp3) is 0.417. The first kappa shape index (κ1) is 9.81. The lowest BCUT2D eigenvalue weighted by Gasteiger charge is -2.01. The highest BCUT2D eigenvalue weighted by atomic mass is 15.0. The van der Waals surface area contributed by atoms with Crippen LogP contribution in [0.3, 0.4) is 0 Å². The number of nitrogens with zero attached hydrogens (tertiary/aromatic N) is 2. The Bertz CT molecular complexity index is 497. The number of aromatic nitrogens is 2. The van der Waals surface area contributed by atoms with Gasteiger partial charge in [-0.05, 0) is 19.0 Å². The van der Waals surface area contributed by atoms with Gasteiger partial charge >= 0.3 is 0 Å². The van der Waals surface area contributed by atoms with Crippen LogP contribution in [0.2, 0.25) is 0 Å². The van der Waals surface area contributed by atoms with Crippen molar-refractivity contribution in [2.45, 2.75) is 18.9 Å². The number of rotatable bonds is 2. The molecule has 84 valence electrons. The first-order valence-electron chi connectivity index (χ1n) is 5.76. The minimum atomic E-state index is 0.545. The van der Waals surface area contributed by atoms with Crippen molar-refractivity contribution in [3.63, 3.8) is 0 Å². The van der Waals surface area contributed by atoms with Crippen molar-refractivity contribution in [1.29, 1.82) is 0 Å². The molecule has 0 bridgehead atoms. The molecule has 2 aromatic rings. The quantitative estimate of drug-likeness (QED) is 0.783. The van der Waals surface area contributed by atoms with Gasteiger partial charge in [-0.2, -0.15) is 0 Å². The van der Waals surface area contributed by atoms with E-state index in [-0.39, 0.29) is 0 Å². The molecule has 0 aromatic carbocycles. The van der Waals surface area contributed by atoms with Crippen LogP contribution in [-0.2, 0) is 6.54 Å². The lowest BCUT2D eigenvalue weighted by Crippen LogP contribution is -2.08. The van der Waals surface area contributed by atoms with Crippen LogP contribution >= 0.6 is 0 Å². The number of imidazole rings is 1. The summed E-state index contributed by atoms with van der Waals surface area (Å²) in [5.74, 6) is 0.561. The van der Waals surface area contributed by atoms with Gasteiger partial charge in [0, 0.05) is 37.0 Å². The predicted molar refractivity (Wildman–Crippen MR) is 63.3 cm³/mol. The molecule has 4 nitrogen and oxygen atoms in total. The van der Waals surface area contributed by atoms with Crippen LogP contribution in [0.5, 0.6) is 0 Å². The topological polar surface area (TPSA) is 55.4 Å². The number of hydrogen-bond acceptors (Lipinski definition) is 3. The van der Waals surface area contributed by atoms with Gasteiger partial charge in [-0.25, -0.2) is 4.98 Å². The lowest BCUT2D eigenvalue weighted by molar-refractivity contribution is 0.741. The first-order valence-corrected chi connectivity index (χ1v) is 5.76. The number of fused-ring (bicyclic) bond motifs is 1. The molecule has 0 aliphatic carbocycles. The molecule has 1 aliphatic rings. The van der Waals surface area contributed by atoms with E-state index in [1.54, 1.807) is 0 Å². The molecule has 2 aromatic heterocycles. The number of hydrogen-bond donors (Lipinski definition) is 2. The average Bonchev–Trinajstić information content (AvgIpc) is 2.96. The standard InChI is InChI=1S/C12H16N4/c13-6-9-2-1-5-16-8-11(15-12(9)16)10-3-4-14-7-10/h1-2,5,8,10,14H,3-4,6-7,13H2. The molecular formula is C12H16N4. The summed E-state index contributed by atoms with van der Waals surface area (Å²) in [7, 11) is 0. The smallest absolute Gasteiger partial charge is 0.141 e. The summed E-state index contributed by atoms with van der Waals surface area (Å²) >= 11 is 0. The van der Waals surface area contributed by atoms with E-state index < -0.39 is 0 Å². The van der Waals surface area contributed by atoms with Gasteiger partial charge < -0.3 is 15.5 Å². The third-order valence-electron chi connectivity index (χ3n) is 3.28. The molecule has 0 radical (unpaired) electrons. The van der Waals surface area contributed by atoms with E-state index in [0.29, 0.717) is 12.5 Å². The number of nitrogens with two attached hydrogens (primary N) is 1. The second kappa shape index (κ2) is 3.88. The highest BCUT2D eigenvalue weighted by Crippen LogP contribution is 2.22. The van der Waals surface area contributed by atoms with Gasteiger partial charge in [0.1, 0.15) is 5.65 Å². The molecular weight excluding hydrogens is 200 g/mol. The maximum Gasteiger partial charge on any atom is 0.141 e. The van der Waals surface area contributed by atoms with Crippen LogP contribution in [0.25, 0.3) is 5.65 Å². The van der Waals surface area contributed by atoms with E-state index in [1.165, 1.54) is 12.1 Å². The Morgan fingerprint density at radius 1 is 1.56 bits per heavy atom. The van der Waals surface area contributed by atoms with Gasteiger partial charge in [0.05, 0.1) is 5.69 Å². The predicted octanol–water partition coefficient (Wildman–Crippen LogP) is 0.870. The van der Waals surface area contributed by atoms with E-state index in [9.17, 15) is 0 Å². The van der Waals surface area contributed by atoms with E-state index in [0.717, 1.165) is 24.3 Å². The van der Waals surface area contributed by atoms with Crippen molar-refractivity contribution in [3.05, 3.63) is 35.8 Å². The summed E-state index contributed by atoms with van der Waals surface area (Å²) in [6.45, 7) is 2.69. The zero-order chi connectivity index (χ0) is 11.0. The van der Waals surface area contributed by atoms with Gasteiger partial charge in [-0.1, -0.05) is 6.07 Å². The van der Waals surface area contributed by atoms with Crippen LogP contribution in [0, 0.1) is 0 Å². The van der Waals surface area contributed by atoms with E-state index in [4.69, 9.17) is 10.7 Å². The minimum absolute atomic E-state index is 0.545. The molecule has 3 rings (SSSR count). The molecule has 0 amide bonds. The van der Waals surface area contributed by atoms with Gasteiger partial charge in [-0.3, -0.25) is 0 Å². The maximum absolute atomic E-state index is 5.71. The zero-order valence-corrected chi connectivity index (χ0v) is 9.19. The average molecular weight is 216 g/mol. The van der Waals surface area contributed by atoms with Crippen molar-refractivity contribution in [1.82, 2.24) is 14.7 Å². The zero-order valence-electron chi connectivity index (χ0n) is 9.19. The molecule has 1 unspecified atom stereocenters. The normalized spacial score (nSPS) is 20.7. The molecule has 0 spiro atoms. The van der Waals surface area contributed by atoms with Crippen LogP contribution in [0.4, 0.5) is 0 Å². The first-order chi connectivity index (χ1) is 7.88. The van der Waals surface area contributed by atoms with Gasteiger partial charge in [0.2, 0.25) is 0 Å². The monoisotopic (exact) mass is 216 g/mol. The van der Waals surface area contributed by atoms with E-state index >= 15 is 0 Å². The number of pyridine rings is 1. The summed E-state index contributed by atoms with van der Waals surface area (Å²) in [4.78, 5) is 4.71. The highest BCUT2D eigenvalue weighted by Gasteiger charge is 2.19. The summed E-state index contributed by atoms with van der Waals surface area (Å²) in [5, 5.41) is 3.37. The van der Waals surface area contributed by atoms with Crippen LogP contribution in [-0.4, -0.2) is 22.5 Å². The Hall–Kier alpha value is -1.39. The van der Waals surface area contributed by atoms with E-state index in [2.05, 4.69) is 15.9 Å². The van der Waals surface area contributed by atoms with Crippen molar-refractivity contribution in [2.75, 3.05) is 13.1 Å². The fourth-order valence-corrected chi connectivity index (χ4v) is 2.35. The second-order valence-electron chi connectivity index (χ2n) is 4.32. The van der Waals surface area contributed by atoms with Gasteiger partial charge in [-0.15, -0.1) is 0 Å². The SMILES string of the molecule is NCc1cccn2cc(C3CCNC3)nc12. The molecule has 3 N–H and O–H groups in total. The third-order valence-corrected chi connectivity index (χ3v) is 3.28. The Kier molecular flexibility index (Phi) is 2.38. The molecule has 1 fully saturated rings. The van der Waals surface area contributed by atoms with Crippen LogP contribution < -0.4 is 11.1 Å². The summed E-state index contributed by atoms with van der Waals surface area (Å²) in [6, 6.07) is 4.06. The number of nitrogens with one attached hydrogen (secondary N) is 1. The summed E-state index contributed by atoms with van der Waals surface area (Å²) in [6.07, 6.45) is 5.35. The Morgan fingerprint density at radius 3 is 3.25 bits per heavy atom. The molecule has 1 atom stereocenters. The highest BCUT2D eigenvalue weighted by molar-refractivity contribution is 5.49. The van der Waals surface area contributed by atoms with Crippen molar-refractivity contribution < 1.29 is 0 Å². The van der Waals surface area contributed by atoms with Gasteiger partial charge in [0.25, 0.3) is 0 Å². The van der Waals surface area contributed by atoms with Gasteiger partial charge in [0.15, 0.2) is 0 Å². The van der Waals surface area contributed by atoms with E-state index in [1.807, 2.05) is 18.3 Å². The third kappa shape index (κ3) is 1.50. The molecule has 1 saturated heterocycles. The van der Waals surface area contributed by atoms with Crippen molar-refractivity contribution >= 4 is 5.65 Å². The fourth-order valence-electron chi connectivity index (χ4n) is 2.35. The Labute approximate surface area is 94.5 Å². The van der Waals surface area contributed by atoms with Crippen molar-refractivity contribution in [2.24, 2.45) is 5.73 Å². The Morgan fingerprint density at radius 2 is 2.50 bits per heavy atom.